The Labute approximate surface area is 157 Å². The first-order chi connectivity index (χ1) is 12.1. The van der Waals surface area contributed by atoms with Crippen molar-refractivity contribution in [2.75, 3.05) is 18.1 Å². The highest BCUT2D eigenvalue weighted by Gasteiger charge is 2.56. The third-order valence-electron chi connectivity index (χ3n) is 5.18. The molecule has 2 aliphatic heterocycles. The molecule has 0 radical (unpaired) electrons. The predicted octanol–water partition coefficient (Wildman–Crippen LogP) is 5.21. The van der Waals surface area contributed by atoms with E-state index in [1.165, 1.54) is 0 Å². The number of nitrogens with zero attached hydrogens (tertiary/aromatic N) is 1. The molecule has 0 aromatic heterocycles. The summed E-state index contributed by atoms with van der Waals surface area (Å²) in [5.74, 6) is 0.718. The Hall–Kier alpha value is -1.71. The Kier molecular flexibility index (Phi) is 4.17. The first-order valence-corrected chi connectivity index (χ1v) is 9.39. The molecule has 4 rings (SSSR count). The third-order valence-corrected chi connectivity index (χ3v) is 5.90. The van der Waals surface area contributed by atoms with Crippen LogP contribution in [0.15, 0.2) is 36.4 Å². The second kappa shape index (κ2) is 6.22. The maximum Gasteiger partial charge on any atom is 0.245 e. The van der Waals surface area contributed by atoms with Gasteiger partial charge >= 0.3 is 0 Å². The summed E-state index contributed by atoms with van der Waals surface area (Å²) in [4.78, 5) is 15.4. The van der Waals surface area contributed by atoms with Gasteiger partial charge in [-0.05, 0) is 24.1 Å². The summed E-state index contributed by atoms with van der Waals surface area (Å²) in [7, 11) is 0. The predicted molar refractivity (Wildman–Crippen MR) is 101 cm³/mol. The number of unbranched alkanes of at least 4 members (excludes halogenated alkanes) is 2. The number of fused-ring (bicyclic) bond motifs is 4. The van der Waals surface area contributed by atoms with Gasteiger partial charge < -0.3 is 9.64 Å². The molecular weight excluding hydrogens is 357 g/mol. The number of benzene rings is 2. The van der Waals surface area contributed by atoms with Gasteiger partial charge in [0.2, 0.25) is 5.91 Å². The number of ether oxygens (including phenoxy) is 1. The van der Waals surface area contributed by atoms with E-state index in [0.29, 0.717) is 22.4 Å². The number of anilines is 1. The quantitative estimate of drug-likeness (QED) is 0.686. The summed E-state index contributed by atoms with van der Waals surface area (Å²) in [5.41, 5.74) is 1.98. The van der Waals surface area contributed by atoms with Crippen molar-refractivity contribution < 1.29 is 9.53 Å². The van der Waals surface area contributed by atoms with E-state index in [0.717, 1.165) is 42.6 Å². The molecule has 0 N–H and O–H groups in total. The van der Waals surface area contributed by atoms with Gasteiger partial charge in [-0.15, -0.1) is 0 Å². The van der Waals surface area contributed by atoms with Crippen molar-refractivity contribution in [2.24, 2.45) is 0 Å². The van der Waals surface area contributed by atoms with Crippen LogP contribution in [0.5, 0.6) is 5.75 Å². The van der Waals surface area contributed by atoms with Crippen molar-refractivity contribution in [3.05, 3.63) is 57.6 Å². The van der Waals surface area contributed by atoms with Gasteiger partial charge in [-0.3, -0.25) is 4.79 Å². The Morgan fingerprint density at radius 2 is 1.88 bits per heavy atom. The molecule has 1 atom stereocenters. The molecule has 130 valence electrons. The van der Waals surface area contributed by atoms with Gasteiger partial charge in [0.1, 0.15) is 17.8 Å². The molecular formula is C20H19Cl2NO2. The van der Waals surface area contributed by atoms with Crippen LogP contribution in [0, 0.1) is 0 Å². The fourth-order valence-corrected chi connectivity index (χ4v) is 4.23. The highest BCUT2D eigenvalue weighted by molar-refractivity contribution is 6.42. The van der Waals surface area contributed by atoms with E-state index in [9.17, 15) is 4.79 Å². The van der Waals surface area contributed by atoms with Crippen LogP contribution in [0.2, 0.25) is 10.0 Å². The number of halogens is 2. The monoisotopic (exact) mass is 375 g/mol. The van der Waals surface area contributed by atoms with E-state index in [4.69, 9.17) is 27.9 Å². The number of rotatable bonds is 4. The van der Waals surface area contributed by atoms with Crippen molar-refractivity contribution in [1.82, 2.24) is 0 Å². The molecule has 2 aromatic rings. The van der Waals surface area contributed by atoms with E-state index in [1.807, 2.05) is 29.2 Å². The lowest BCUT2D eigenvalue weighted by molar-refractivity contribution is -0.122. The summed E-state index contributed by atoms with van der Waals surface area (Å²) >= 11 is 12.4. The van der Waals surface area contributed by atoms with Crippen molar-refractivity contribution in [2.45, 2.75) is 31.6 Å². The molecule has 0 bridgehead atoms. The van der Waals surface area contributed by atoms with Crippen molar-refractivity contribution in [3.63, 3.8) is 0 Å². The molecule has 2 aromatic carbocycles. The molecule has 5 heteroatoms. The topological polar surface area (TPSA) is 29.5 Å². The van der Waals surface area contributed by atoms with Crippen LogP contribution in [0.4, 0.5) is 5.69 Å². The number of hydrogen-bond donors (Lipinski definition) is 0. The molecule has 1 spiro atoms. The van der Waals surface area contributed by atoms with E-state index >= 15 is 0 Å². The standard InChI is InChI=1S/C20H19Cl2NO2/c1-2-3-6-9-23-17-8-5-4-7-13(17)20(19(23)24)12-25-18-11-16(22)15(21)10-14(18)20/h4-5,7-8,10-11H,2-3,6,9,12H2,1H3. The summed E-state index contributed by atoms with van der Waals surface area (Å²) in [6, 6.07) is 11.5. The summed E-state index contributed by atoms with van der Waals surface area (Å²) in [5, 5.41) is 0.885. The second-order valence-corrected chi connectivity index (χ2v) is 7.45. The lowest BCUT2D eigenvalue weighted by Crippen LogP contribution is -2.42. The largest absolute Gasteiger partial charge is 0.491 e. The van der Waals surface area contributed by atoms with Crippen molar-refractivity contribution in [1.29, 1.82) is 0 Å². The molecule has 3 nitrogen and oxygen atoms in total. The minimum Gasteiger partial charge on any atom is -0.491 e. The average Bonchev–Trinajstić information content (AvgIpc) is 3.08. The van der Waals surface area contributed by atoms with Crippen LogP contribution in [-0.2, 0) is 10.2 Å². The molecule has 0 saturated carbocycles. The smallest absolute Gasteiger partial charge is 0.245 e. The summed E-state index contributed by atoms with van der Waals surface area (Å²) in [6.07, 6.45) is 3.21. The van der Waals surface area contributed by atoms with Crippen LogP contribution in [0.3, 0.4) is 0 Å². The van der Waals surface area contributed by atoms with Crippen LogP contribution in [0.25, 0.3) is 0 Å². The molecule has 25 heavy (non-hydrogen) atoms. The van der Waals surface area contributed by atoms with Crippen molar-refractivity contribution >= 4 is 34.8 Å². The molecule has 2 aliphatic rings. The SMILES string of the molecule is CCCCCN1C(=O)C2(COc3cc(Cl)c(Cl)cc32)c2ccccc21. The normalized spacial score (nSPS) is 20.8. The molecule has 0 fully saturated rings. The number of carbonyl (C=O) groups is 1. The molecule has 0 aliphatic carbocycles. The first-order valence-electron chi connectivity index (χ1n) is 8.63. The average molecular weight is 376 g/mol. The van der Waals surface area contributed by atoms with Gasteiger partial charge in [0.15, 0.2) is 0 Å². The lowest BCUT2D eigenvalue weighted by atomic mass is 9.77. The zero-order valence-corrected chi connectivity index (χ0v) is 15.5. The van der Waals surface area contributed by atoms with Crippen molar-refractivity contribution in [3.8, 4) is 5.75 Å². The van der Waals surface area contributed by atoms with Gasteiger partial charge in [0.05, 0.1) is 10.0 Å². The van der Waals surface area contributed by atoms with E-state index in [1.54, 1.807) is 12.1 Å². The number of para-hydroxylation sites is 1. The highest BCUT2D eigenvalue weighted by atomic mass is 35.5. The third kappa shape index (κ3) is 2.37. The molecule has 1 amide bonds. The first kappa shape index (κ1) is 16.7. The van der Waals surface area contributed by atoms with Gasteiger partial charge in [-0.1, -0.05) is 61.2 Å². The summed E-state index contributed by atoms with van der Waals surface area (Å²) < 4.78 is 5.88. The molecule has 2 heterocycles. The maximum absolute atomic E-state index is 13.5. The fraction of sp³-hybridized carbons (Fsp3) is 0.350. The Morgan fingerprint density at radius 1 is 1.12 bits per heavy atom. The number of carbonyl (C=O) groups excluding carboxylic acids is 1. The van der Waals surface area contributed by atoms with Crippen LogP contribution in [-0.4, -0.2) is 19.1 Å². The molecule has 0 saturated heterocycles. The Bertz CT molecular complexity index is 852. The van der Waals surface area contributed by atoms with Gasteiger partial charge in [-0.2, -0.15) is 0 Å². The van der Waals surface area contributed by atoms with Gasteiger partial charge in [0, 0.05) is 23.9 Å². The number of amides is 1. The highest BCUT2D eigenvalue weighted by Crippen LogP contribution is 2.53. The van der Waals surface area contributed by atoms with Crippen LogP contribution >= 0.6 is 23.2 Å². The van der Waals surface area contributed by atoms with Gasteiger partial charge in [-0.25, -0.2) is 0 Å². The minimum absolute atomic E-state index is 0.0712. The van der Waals surface area contributed by atoms with E-state index < -0.39 is 5.41 Å². The van der Waals surface area contributed by atoms with Crippen LogP contribution < -0.4 is 9.64 Å². The minimum atomic E-state index is -0.813. The number of hydrogen-bond acceptors (Lipinski definition) is 2. The lowest BCUT2D eigenvalue weighted by Gasteiger charge is -2.23. The van der Waals surface area contributed by atoms with Crippen LogP contribution in [0.1, 0.15) is 37.3 Å². The molecule has 1 unspecified atom stereocenters. The maximum atomic E-state index is 13.5. The Morgan fingerprint density at radius 3 is 2.68 bits per heavy atom. The zero-order valence-electron chi connectivity index (χ0n) is 14.0. The fourth-order valence-electron chi connectivity index (χ4n) is 3.91. The van der Waals surface area contributed by atoms with E-state index in [2.05, 4.69) is 6.92 Å². The van der Waals surface area contributed by atoms with Gasteiger partial charge in [0.25, 0.3) is 0 Å². The second-order valence-electron chi connectivity index (χ2n) is 6.64. The Balaban J connectivity index is 1.85. The van der Waals surface area contributed by atoms with E-state index in [-0.39, 0.29) is 5.91 Å². The zero-order chi connectivity index (χ0) is 17.6. The summed E-state index contributed by atoms with van der Waals surface area (Å²) in [6.45, 7) is 3.18.